The van der Waals surface area contributed by atoms with E-state index in [2.05, 4.69) is 4.98 Å². The van der Waals surface area contributed by atoms with Gasteiger partial charge in [-0.25, -0.2) is 9.37 Å². The fourth-order valence-electron chi connectivity index (χ4n) is 2.31. The van der Waals surface area contributed by atoms with Crippen molar-refractivity contribution >= 4 is 5.65 Å². The van der Waals surface area contributed by atoms with Gasteiger partial charge in [-0.1, -0.05) is 0 Å². The molecule has 100 valence electrons. The van der Waals surface area contributed by atoms with Gasteiger partial charge in [-0.15, -0.1) is 0 Å². The summed E-state index contributed by atoms with van der Waals surface area (Å²) < 4.78 is 25.9. The average molecular weight is 270 g/mol. The minimum Gasteiger partial charge on any atom is -0.486 e. The molecule has 20 heavy (non-hydrogen) atoms. The molecule has 1 aromatic carbocycles. The molecule has 2 aromatic heterocycles. The summed E-state index contributed by atoms with van der Waals surface area (Å²) >= 11 is 0. The Morgan fingerprint density at radius 3 is 2.75 bits per heavy atom. The van der Waals surface area contributed by atoms with Gasteiger partial charge in [0.2, 0.25) is 0 Å². The van der Waals surface area contributed by atoms with E-state index in [0.29, 0.717) is 18.9 Å². The Morgan fingerprint density at radius 2 is 1.85 bits per heavy atom. The molecule has 4 nitrogen and oxygen atoms in total. The first kappa shape index (κ1) is 11.3. The number of aromatic nitrogens is 2. The van der Waals surface area contributed by atoms with Crippen LogP contribution in [0.5, 0.6) is 11.5 Å². The molecule has 3 heterocycles. The number of benzene rings is 1. The lowest BCUT2D eigenvalue weighted by molar-refractivity contribution is 0.171. The molecule has 0 aliphatic carbocycles. The molecule has 5 heteroatoms. The topological polar surface area (TPSA) is 35.8 Å². The van der Waals surface area contributed by atoms with Crippen molar-refractivity contribution in [2.75, 3.05) is 13.2 Å². The zero-order valence-corrected chi connectivity index (χ0v) is 10.5. The number of hydrogen-bond donors (Lipinski definition) is 0. The highest BCUT2D eigenvalue weighted by atomic mass is 19.1. The van der Waals surface area contributed by atoms with Crippen LogP contribution in [0, 0.1) is 5.82 Å². The minimum atomic E-state index is -0.288. The van der Waals surface area contributed by atoms with Crippen LogP contribution in [0.2, 0.25) is 0 Å². The Balaban J connectivity index is 1.82. The number of hydrogen-bond acceptors (Lipinski definition) is 3. The van der Waals surface area contributed by atoms with Gasteiger partial charge in [0.1, 0.15) is 24.7 Å². The molecule has 3 aromatic rings. The maximum Gasteiger partial charge on any atom is 0.162 e. The van der Waals surface area contributed by atoms with Crippen molar-refractivity contribution in [2.24, 2.45) is 0 Å². The van der Waals surface area contributed by atoms with Crippen LogP contribution in [0.25, 0.3) is 16.9 Å². The van der Waals surface area contributed by atoms with E-state index in [9.17, 15) is 4.39 Å². The first-order chi connectivity index (χ1) is 9.79. The molecule has 0 fully saturated rings. The van der Waals surface area contributed by atoms with Crippen molar-refractivity contribution in [3.8, 4) is 22.8 Å². The Hall–Kier alpha value is -2.56. The maximum absolute atomic E-state index is 13.2. The molecule has 0 saturated carbocycles. The van der Waals surface area contributed by atoms with Gasteiger partial charge >= 0.3 is 0 Å². The van der Waals surface area contributed by atoms with Gasteiger partial charge in [0.25, 0.3) is 0 Å². The monoisotopic (exact) mass is 270 g/mol. The summed E-state index contributed by atoms with van der Waals surface area (Å²) in [7, 11) is 0. The van der Waals surface area contributed by atoms with E-state index < -0.39 is 0 Å². The molecule has 0 spiro atoms. The van der Waals surface area contributed by atoms with E-state index in [1.165, 1.54) is 12.3 Å². The number of rotatable bonds is 1. The highest BCUT2D eigenvalue weighted by Crippen LogP contribution is 2.34. The molecule has 0 N–H and O–H groups in total. The third-order valence-electron chi connectivity index (χ3n) is 3.25. The largest absolute Gasteiger partial charge is 0.486 e. The molecule has 0 radical (unpaired) electrons. The molecule has 0 unspecified atom stereocenters. The van der Waals surface area contributed by atoms with Crippen LogP contribution in [0.4, 0.5) is 4.39 Å². The van der Waals surface area contributed by atoms with Crippen LogP contribution in [0.1, 0.15) is 0 Å². The summed E-state index contributed by atoms with van der Waals surface area (Å²) in [5.41, 5.74) is 2.39. The SMILES string of the molecule is Fc1ccc2nc(-c3ccc4c(c3)OCCO4)cn2c1. The van der Waals surface area contributed by atoms with Gasteiger partial charge in [-0.05, 0) is 30.3 Å². The van der Waals surface area contributed by atoms with E-state index >= 15 is 0 Å². The zero-order chi connectivity index (χ0) is 13.5. The van der Waals surface area contributed by atoms with Crippen LogP contribution in [-0.4, -0.2) is 22.6 Å². The number of fused-ring (bicyclic) bond motifs is 2. The molecule has 0 atom stereocenters. The van der Waals surface area contributed by atoms with Gasteiger partial charge < -0.3 is 13.9 Å². The van der Waals surface area contributed by atoms with E-state index in [0.717, 1.165) is 22.8 Å². The molecule has 0 saturated heterocycles. The smallest absolute Gasteiger partial charge is 0.162 e. The Morgan fingerprint density at radius 1 is 1.00 bits per heavy atom. The van der Waals surface area contributed by atoms with Crippen LogP contribution in [0.3, 0.4) is 0 Å². The summed E-state index contributed by atoms with van der Waals surface area (Å²) in [6, 6.07) is 8.74. The van der Waals surface area contributed by atoms with E-state index in [1.807, 2.05) is 18.2 Å². The summed E-state index contributed by atoms with van der Waals surface area (Å²) in [4.78, 5) is 4.47. The van der Waals surface area contributed by atoms with Crippen LogP contribution >= 0.6 is 0 Å². The maximum atomic E-state index is 13.2. The molecule has 1 aliphatic heterocycles. The second kappa shape index (κ2) is 4.23. The molecule has 0 amide bonds. The van der Waals surface area contributed by atoms with E-state index in [-0.39, 0.29) is 5.82 Å². The second-order valence-electron chi connectivity index (χ2n) is 4.60. The van der Waals surface area contributed by atoms with Crippen molar-refractivity contribution in [3.05, 3.63) is 48.5 Å². The molecular weight excluding hydrogens is 259 g/mol. The third-order valence-corrected chi connectivity index (χ3v) is 3.25. The van der Waals surface area contributed by atoms with E-state index in [4.69, 9.17) is 9.47 Å². The number of imidazole rings is 1. The lowest BCUT2D eigenvalue weighted by Gasteiger charge is -2.18. The van der Waals surface area contributed by atoms with Gasteiger partial charge in [-0.3, -0.25) is 0 Å². The van der Waals surface area contributed by atoms with Crippen LogP contribution in [0.15, 0.2) is 42.7 Å². The van der Waals surface area contributed by atoms with Crippen LogP contribution in [-0.2, 0) is 0 Å². The van der Waals surface area contributed by atoms with Crippen molar-refractivity contribution in [3.63, 3.8) is 0 Å². The predicted molar refractivity (Wildman–Crippen MR) is 71.6 cm³/mol. The molecule has 0 bridgehead atoms. The summed E-state index contributed by atoms with van der Waals surface area (Å²) in [5, 5.41) is 0. The lowest BCUT2D eigenvalue weighted by Crippen LogP contribution is -2.15. The first-order valence-corrected chi connectivity index (χ1v) is 6.34. The fourth-order valence-corrected chi connectivity index (χ4v) is 2.31. The summed E-state index contributed by atoms with van der Waals surface area (Å²) in [6.07, 6.45) is 3.20. The average Bonchev–Trinajstić information content (AvgIpc) is 2.89. The van der Waals surface area contributed by atoms with Gasteiger partial charge in [0, 0.05) is 18.0 Å². The quantitative estimate of drug-likeness (QED) is 0.682. The minimum absolute atomic E-state index is 0.288. The first-order valence-electron chi connectivity index (χ1n) is 6.34. The standard InChI is InChI=1S/C15H11FN2O2/c16-11-2-4-15-17-12(9-18(15)8-11)10-1-3-13-14(7-10)20-6-5-19-13/h1-4,7-9H,5-6H2. The van der Waals surface area contributed by atoms with Gasteiger partial charge in [0.05, 0.1) is 5.69 Å². The van der Waals surface area contributed by atoms with Crippen molar-refractivity contribution in [1.82, 2.24) is 9.38 Å². The van der Waals surface area contributed by atoms with Crippen LogP contribution < -0.4 is 9.47 Å². The van der Waals surface area contributed by atoms with Crippen molar-refractivity contribution in [1.29, 1.82) is 0 Å². The Kier molecular flexibility index (Phi) is 2.39. The van der Waals surface area contributed by atoms with Crippen molar-refractivity contribution < 1.29 is 13.9 Å². The highest BCUT2D eigenvalue weighted by Gasteiger charge is 2.13. The lowest BCUT2D eigenvalue weighted by atomic mass is 10.1. The number of halogens is 1. The summed E-state index contributed by atoms with van der Waals surface area (Å²) in [5.74, 6) is 1.18. The van der Waals surface area contributed by atoms with Crippen molar-refractivity contribution in [2.45, 2.75) is 0 Å². The van der Waals surface area contributed by atoms with E-state index in [1.54, 1.807) is 16.7 Å². The van der Waals surface area contributed by atoms with Gasteiger partial charge in [-0.2, -0.15) is 0 Å². The second-order valence-corrected chi connectivity index (χ2v) is 4.60. The fraction of sp³-hybridized carbons (Fsp3) is 0.133. The molecular formula is C15H11FN2O2. The third kappa shape index (κ3) is 1.79. The zero-order valence-electron chi connectivity index (χ0n) is 10.5. The number of nitrogens with zero attached hydrogens (tertiary/aromatic N) is 2. The predicted octanol–water partition coefficient (Wildman–Crippen LogP) is 2.91. The highest BCUT2D eigenvalue weighted by molar-refractivity contribution is 5.66. The normalized spacial score (nSPS) is 13.7. The number of pyridine rings is 1. The Labute approximate surface area is 114 Å². The number of ether oxygens (including phenoxy) is 2. The molecule has 4 rings (SSSR count). The summed E-state index contributed by atoms with van der Waals surface area (Å²) in [6.45, 7) is 1.12. The molecule has 1 aliphatic rings. The van der Waals surface area contributed by atoms with Gasteiger partial charge in [0.15, 0.2) is 11.5 Å². The Bertz CT molecular complexity index is 798.